The lowest BCUT2D eigenvalue weighted by molar-refractivity contribution is 0.548. The standard InChI is InChI=1S/C11H5F3N2S/c12-6-3-8(13)10(9(14)4-6)11-16-7(1-2-15)5-17-11/h3-5H,1H2. The van der Waals surface area contributed by atoms with Crippen LogP contribution in [0.25, 0.3) is 10.6 Å². The van der Waals surface area contributed by atoms with Crippen molar-refractivity contribution in [2.45, 2.75) is 6.42 Å². The molecule has 2 rings (SSSR count). The summed E-state index contributed by atoms with van der Waals surface area (Å²) in [7, 11) is 0. The molecular weight excluding hydrogens is 249 g/mol. The number of nitrogens with zero attached hydrogens (tertiary/aromatic N) is 2. The highest BCUT2D eigenvalue weighted by Gasteiger charge is 2.16. The molecule has 0 bridgehead atoms. The first kappa shape index (κ1) is 11.6. The van der Waals surface area contributed by atoms with Crippen molar-refractivity contribution >= 4 is 11.3 Å². The second-order valence-electron chi connectivity index (χ2n) is 3.22. The Morgan fingerprint density at radius 2 is 1.88 bits per heavy atom. The lowest BCUT2D eigenvalue weighted by Crippen LogP contribution is -1.92. The quantitative estimate of drug-likeness (QED) is 0.824. The van der Waals surface area contributed by atoms with Gasteiger partial charge in [-0.2, -0.15) is 5.26 Å². The molecule has 0 atom stereocenters. The zero-order chi connectivity index (χ0) is 12.4. The highest BCUT2D eigenvalue weighted by Crippen LogP contribution is 2.29. The zero-order valence-electron chi connectivity index (χ0n) is 8.38. The fourth-order valence-corrected chi connectivity index (χ4v) is 2.20. The fourth-order valence-electron chi connectivity index (χ4n) is 1.33. The normalized spacial score (nSPS) is 10.2. The molecule has 86 valence electrons. The Labute approximate surface area is 99.0 Å². The average Bonchev–Trinajstić information content (AvgIpc) is 2.65. The minimum atomic E-state index is -1.000. The molecule has 17 heavy (non-hydrogen) atoms. The van der Waals surface area contributed by atoms with Crippen LogP contribution in [-0.2, 0) is 6.42 Å². The Morgan fingerprint density at radius 1 is 1.24 bits per heavy atom. The topological polar surface area (TPSA) is 36.7 Å². The monoisotopic (exact) mass is 254 g/mol. The van der Waals surface area contributed by atoms with Gasteiger partial charge in [0.15, 0.2) is 0 Å². The minimum absolute atomic E-state index is 0.0704. The SMILES string of the molecule is N#CCc1csc(-c2c(F)cc(F)cc2F)n1. The lowest BCUT2D eigenvalue weighted by atomic mass is 10.2. The number of hydrogen-bond acceptors (Lipinski definition) is 3. The summed E-state index contributed by atoms with van der Waals surface area (Å²) in [5.74, 6) is -2.97. The molecule has 0 aliphatic rings. The predicted molar refractivity (Wildman–Crippen MR) is 56.7 cm³/mol. The Hall–Kier alpha value is -1.87. The molecule has 0 saturated heterocycles. The molecule has 0 spiro atoms. The van der Waals surface area contributed by atoms with Gasteiger partial charge in [-0.25, -0.2) is 18.2 Å². The Morgan fingerprint density at radius 3 is 2.47 bits per heavy atom. The number of nitriles is 1. The van der Waals surface area contributed by atoms with Gasteiger partial charge in [-0.15, -0.1) is 11.3 Å². The lowest BCUT2D eigenvalue weighted by Gasteiger charge is -2.01. The highest BCUT2D eigenvalue weighted by atomic mass is 32.1. The molecule has 2 nitrogen and oxygen atoms in total. The third-order valence-corrected chi connectivity index (χ3v) is 2.94. The van der Waals surface area contributed by atoms with Crippen LogP contribution in [-0.4, -0.2) is 4.98 Å². The first-order chi connectivity index (χ1) is 8.11. The van der Waals surface area contributed by atoms with Gasteiger partial charge in [0.2, 0.25) is 0 Å². The number of benzene rings is 1. The molecule has 0 unspecified atom stereocenters. The van der Waals surface area contributed by atoms with Crippen LogP contribution in [0.2, 0.25) is 0 Å². The van der Waals surface area contributed by atoms with Crippen molar-refractivity contribution in [1.29, 1.82) is 5.26 Å². The average molecular weight is 254 g/mol. The minimum Gasteiger partial charge on any atom is -0.240 e. The number of rotatable bonds is 2. The van der Waals surface area contributed by atoms with Crippen molar-refractivity contribution < 1.29 is 13.2 Å². The van der Waals surface area contributed by atoms with Crippen LogP contribution in [0.5, 0.6) is 0 Å². The number of thiazole rings is 1. The number of hydrogen-bond donors (Lipinski definition) is 0. The van der Waals surface area contributed by atoms with Gasteiger partial charge in [-0.3, -0.25) is 0 Å². The van der Waals surface area contributed by atoms with E-state index < -0.39 is 17.5 Å². The molecule has 0 aliphatic heterocycles. The maximum atomic E-state index is 13.4. The molecule has 2 aromatic rings. The second-order valence-corrected chi connectivity index (χ2v) is 4.08. The summed E-state index contributed by atoms with van der Waals surface area (Å²) >= 11 is 1.01. The van der Waals surface area contributed by atoms with E-state index in [4.69, 9.17) is 5.26 Å². The van der Waals surface area contributed by atoms with Crippen LogP contribution >= 0.6 is 11.3 Å². The number of aromatic nitrogens is 1. The van der Waals surface area contributed by atoms with Crippen molar-refractivity contribution in [2.24, 2.45) is 0 Å². The molecular formula is C11H5F3N2S. The molecule has 0 fully saturated rings. The molecule has 0 N–H and O–H groups in total. The van der Waals surface area contributed by atoms with E-state index in [1.165, 1.54) is 0 Å². The first-order valence-electron chi connectivity index (χ1n) is 4.58. The van der Waals surface area contributed by atoms with Crippen LogP contribution in [0.3, 0.4) is 0 Å². The van der Waals surface area contributed by atoms with Gasteiger partial charge >= 0.3 is 0 Å². The summed E-state index contributed by atoms with van der Waals surface area (Å²) in [6.45, 7) is 0. The van der Waals surface area contributed by atoms with Crippen molar-refractivity contribution in [2.75, 3.05) is 0 Å². The largest absolute Gasteiger partial charge is 0.240 e. The fraction of sp³-hybridized carbons (Fsp3) is 0.0909. The smallest absolute Gasteiger partial charge is 0.139 e. The summed E-state index contributed by atoms with van der Waals surface area (Å²) in [5.41, 5.74) is 0.0798. The van der Waals surface area contributed by atoms with Crippen molar-refractivity contribution in [1.82, 2.24) is 4.98 Å². The maximum Gasteiger partial charge on any atom is 0.139 e. The Bertz CT molecular complexity index is 578. The van der Waals surface area contributed by atoms with Gasteiger partial charge in [-0.05, 0) is 0 Å². The number of halogens is 3. The van der Waals surface area contributed by atoms with Gasteiger partial charge in [0.25, 0.3) is 0 Å². The Balaban J connectivity index is 2.49. The summed E-state index contributed by atoms with van der Waals surface area (Å²) in [6.07, 6.45) is 0.0704. The summed E-state index contributed by atoms with van der Waals surface area (Å²) < 4.78 is 39.5. The third kappa shape index (κ3) is 2.29. The van der Waals surface area contributed by atoms with Crippen molar-refractivity contribution in [3.8, 4) is 16.6 Å². The molecule has 1 aromatic heterocycles. The van der Waals surface area contributed by atoms with E-state index in [0.29, 0.717) is 17.8 Å². The summed E-state index contributed by atoms with van der Waals surface area (Å²) in [4.78, 5) is 3.92. The van der Waals surface area contributed by atoms with Gasteiger partial charge < -0.3 is 0 Å². The van der Waals surface area contributed by atoms with E-state index in [1.807, 2.05) is 6.07 Å². The molecule has 0 aliphatic carbocycles. The first-order valence-corrected chi connectivity index (χ1v) is 5.46. The van der Waals surface area contributed by atoms with Crippen LogP contribution in [0.4, 0.5) is 13.2 Å². The van der Waals surface area contributed by atoms with Crippen molar-refractivity contribution in [3.63, 3.8) is 0 Å². The van der Waals surface area contributed by atoms with E-state index >= 15 is 0 Å². The van der Waals surface area contributed by atoms with E-state index in [0.717, 1.165) is 11.3 Å². The molecule has 0 saturated carbocycles. The Kier molecular flexibility index (Phi) is 3.11. The van der Waals surface area contributed by atoms with E-state index in [1.54, 1.807) is 5.38 Å². The van der Waals surface area contributed by atoms with Gasteiger partial charge in [0, 0.05) is 17.5 Å². The van der Waals surface area contributed by atoms with E-state index in [-0.39, 0.29) is 17.0 Å². The second kappa shape index (κ2) is 4.55. The molecule has 0 radical (unpaired) electrons. The van der Waals surface area contributed by atoms with Crippen LogP contribution in [0.1, 0.15) is 5.69 Å². The van der Waals surface area contributed by atoms with Gasteiger partial charge in [0.1, 0.15) is 22.5 Å². The van der Waals surface area contributed by atoms with E-state index in [2.05, 4.69) is 4.98 Å². The molecule has 0 amide bonds. The predicted octanol–water partition coefficient (Wildman–Crippen LogP) is 3.29. The van der Waals surface area contributed by atoms with Gasteiger partial charge in [-0.1, -0.05) is 0 Å². The molecule has 6 heteroatoms. The highest BCUT2D eigenvalue weighted by molar-refractivity contribution is 7.13. The maximum absolute atomic E-state index is 13.4. The van der Waals surface area contributed by atoms with Crippen molar-refractivity contribution in [3.05, 3.63) is 40.7 Å². The summed E-state index contributed by atoms with van der Waals surface area (Å²) in [5, 5.41) is 10.1. The zero-order valence-corrected chi connectivity index (χ0v) is 9.19. The van der Waals surface area contributed by atoms with Crippen LogP contribution in [0, 0.1) is 28.8 Å². The third-order valence-electron chi connectivity index (χ3n) is 2.03. The van der Waals surface area contributed by atoms with Crippen LogP contribution < -0.4 is 0 Å². The van der Waals surface area contributed by atoms with Gasteiger partial charge in [0.05, 0.1) is 23.7 Å². The molecule has 1 aromatic carbocycles. The molecule has 1 heterocycles. The van der Waals surface area contributed by atoms with Crippen LogP contribution in [0.15, 0.2) is 17.5 Å². The summed E-state index contributed by atoms with van der Waals surface area (Å²) in [6, 6.07) is 3.09. The van der Waals surface area contributed by atoms with E-state index in [9.17, 15) is 13.2 Å².